The van der Waals surface area contributed by atoms with Crippen molar-refractivity contribution >= 4 is 11.9 Å². The fourth-order valence-electron chi connectivity index (χ4n) is 2.37. The summed E-state index contributed by atoms with van der Waals surface area (Å²) in [4.78, 5) is 22.7. The van der Waals surface area contributed by atoms with E-state index in [0.717, 1.165) is 19.3 Å². The van der Waals surface area contributed by atoms with Crippen molar-refractivity contribution in [2.75, 3.05) is 6.54 Å². The van der Waals surface area contributed by atoms with Crippen LogP contribution in [-0.2, 0) is 14.3 Å². The van der Waals surface area contributed by atoms with E-state index < -0.39 is 12.1 Å². The molecule has 6 nitrogen and oxygen atoms in total. The van der Waals surface area contributed by atoms with Crippen LogP contribution in [0.1, 0.15) is 32.1 Å². The highest BCUT2D eigenvalue weighted by molar-refractivity contribution is 5.82. The first kappa shape index (κ1) is 13.3. The molecule has 1 saturated carbocycles. The van der Waals surface area contributed by atoms with Gasteiger partial charge < -0.3 is 20.9 Å². The predicted molar refractivity (Wildman–Crippen MR) is 63.9 cm³/mol. The van der Waals surface area contributed by atoms with Gasteiger partial charge >= 0.3 is 5.97 Å². The van der Waals surface area contributed by atoms with Crippen LogP contribution in [0.2, 0.25) is 0 Å². The lowest BCUT2D eigenvalue weighted by atomic mass is 10.1. The maximum absolute atomic E-state index is 12.0. The lowest BCUT2D eigenvalue weighted by Gasteiger charge is -2.19. The van der Waals surface area contributed by atoms with Gasteiger partial charge in [-0.1, -0.05) is 0 Å². The lowest BCUT2D eigenvalue weighted by Crippen LogP contribution is -2.43. The number of hydrogen-bond acceptors (Lipinski definition) is 4. The van der Waals surface area contributed by atoms with Crippen LogP contribution in [0.4, 0.5) is 0 Å². The van der Waals surface area contributed by atoms with Crippen molar-refractivity contribution in [3.05, 3.63) is 0 Å². The fraction of sp³-hybridized carbons (Fsp3) is 0.833. The van der Waals surface area contributed by atoms with Crippen LogP contribution in [0.25, 0.3) is 0 Å². The van der Waals surface area contributed by atoms with Crippen molar-refractivity contribution in [2.24, 2.45) is 11.7 Å². The molecule has 0 aromatic rings. The molecule has 0 bridgehead atoms. The Bertz CT molecular complexity index is 330. The van der Waals surface area contributed by atoms with Gasteiger partial charge in [0.25, 0.3) is 0 Å². The summed E-state index contributed by atoms with van der Waals surface area (Å²) in [5.74, 6) is -0.750. The SMILES string of the molecule is NCC1CCC(C(=O)NC(CC(=O)O)C2CC2)O1. The summed E-state index contributed by atoms with van der Waals surface area (Å²) in [5.41, 5.74) is 5.49. The predicted octanol–water partition coefficient (Wildman–Crippen LogP) is -0.138. The maximum Gasteiger partial charge on any atom is 0.305 e. The van der Waals surface area contributed by atoms with E-state index in [1.54, 1.807) is 0 Å². The highest BCUT2D eigenvalue weighted by atomic mass is 16.5. The average molecular weight is 256 g/mol. The Morgan fingerprint density at radius 1 is 1.33 bits per heavy atom. The summed E-state index contributed by atoms with van der Waals surface area (Å²) in [6.07, 6.45) is 2.93. The normalized spacial score (nSPS) is 28.9. The second kappa shape index (κ2) is 5.67. The van der Waals surface area contributed by atoms with E-state index in [-0.39, 0.29) is 24.5 Å². The van der Waals surface area contributed by atoms with Gasteiger partial charge in [-0.3, -0.25) is 9.59 Å². The molecule has 1 aliphatic carbocycles. The quantitative estimate of drug-likeness (QED) is 0.614. The van der Waals surface area contributed by atoms with Crippen LogP contribution in [0.5, 0.6) is 0 Å². The Balaban J connectivity index is 1.83. The maximum atomic E-state index is 12.0. The third-order valence-electron chi connectivity index (χ3n) is 3.58. The number of carboxylic acid groups (broad SMARTS) is 1. The molecule has 18 heavy (non-hydrogen) atoms. The van der Waals surface area contributed by atoms with Crippen molar-refractivity contribution in [3.63, 3.8) is 0 Å². The van der Waals surface area contributed by atoms with Crippen LogP contribution < -0.4 is 11.1 Å². The number of carbonyl (C=O) groups excluding carboxylic acids is 1. The summed E-state index contributed by atoms with van der Waals surface area (Å²) < 4.78 is 5.49. The zero-order valence-electron chi connectivity index (χ0n) is 10.3. The molecule has 1 amide bonds. The van der Waals surface area contributed by atoms with Crippen molar-refractivity contribution < 1.29 is 19.4 Å². The van der Waals surface area contributed by atoms with Gasteiger partial charge in [-0.15, -0.1) is 0 Å². The van der Waals surface area contributed by atoms with Crippen LogP contribution in [0.15, 0.2) is 0 Å². The molecular formula is C12H20N2O4. The number of rotatable bonds is 6. The van der Waals surface area contributed by atoms with E-state index in [9.17, 15) is 9.59 Å². The monoisotopic (exact) mass is 256 g/mol. The second-order valence-electron chi connectivity index (χ2n) is 5.11. The molecule has 6 heteroatoms. The van der Waals surface area contributed by atoms with Crippen LogP contribution in [0, 0.1) is 5.92 Å². The first-order valence-electron chi connectivity index (χ1n) is 6.48. The van der Waals surface area contributed by atoms with Gasteiger partial charge in [0.05, 0.1) is 12.5 Å². The van der Waals surface area contributed by atoms with Gasteiger partial charge in [-0.05, 0) is 31.6 Å². The van der Waals surface area contributed by atoms with Crippen molar-refractivity contribution in [1.29, 1.82) is 0 Å². The minimum absolute atomic E-state index is 0.0105. The second-order valence-corrected chi connectivity index (χ2v) is 5.11. The third-order valence-corrected chi connectivity index (χ3v) is 3.58. The van der Waals surface area contributed by atoms with E-state index in [2.05, 4.69) is 5.32 Å². The lowest BCUT2D eigenvalue weighted by molar-refractivity contribution is -0.138. The number of carbonyl (C=O) groups is 2. The van der Waals surface area contributed by atoms with Gasteiger partial charge in [0.2, 0.25) is 5.91 Å². The molecule has 1 aliphatic heterocycles. The minimum atomic E-state index is -0.876. The summed E-state index contributed by atoms with van der Waals surface area (Å²) >= 11 is 0. The van der Waals surface area contributed by atoms with E-state index >= 15 is 0 Å². The van der Waals surface area contributed by atoms with Crippen molar-refractivity contribution in [3.8, 4) is 0 Å². The van der Waals surface area contributed by atoms with E-state index in [4.69, 9.17) is 15.6 Å². The number of nitrogens with two attached hydrogens (primary N) is 1. The van der Waals surface area contributed by atoms with E-state index in [0.29, 0.717) is 18.9 Å². The van der Waals surface area contributed by atoms with Crippen molar-refractivity contribution in [1.82, 2.24) is 5.32 Å². The molecule has 2 fully saturated rings. The molecule has 0 radical (unpaired) electrons. The number of hydrogen-bond donors (Lipinski definition) is 3. The first-order valence-corrected chi connectivity index (χ1v) is 6.48. The molecule has 3 unspecified atom stereocenters. The van der Waals surface area contributed by atoms with Gasteiger partial charge in [0, 0.05) is 12.6 Å². The molecule has 2 rings (SSSR count). The molecule has 4 N–H and O–H groups in total. The summed E-state index contributed by atoms with van der Waals surface area (Å²) in [7, 11) is 0. The number of nitrogens with one attached hydrogen (secondary N) is 1. The molecule has 1 saturated heterocycles. The molecule has 0 aromatic carbocycles. The third kappa shape index (κ3) is 3.43. The van der Waals surface area contributed by atoms with Crippen LogP contribution in [-0.4, -0.2) is 41.8 Å². The molecular weight excluding hydrogens is 236 g/mol. The molecule has 2 aliphatic rings. The topological polar surface area (TPSA) is 102 Å². The van der Waals surface area contributed by atoms with Crippen LogP contribution >= 0.6 is 0 Å². The summed E-state index contributed by atoms with van der Waals surface area (Å²) in [6.45, 7) is 0.422. The number of amides is 1. The van der Waals surface area contributed by atoms with Crippen LogP contribution in [0.3, 0.4) is 0 Å². The molecule has 0 spiro atoms. The van der Waals surface area contributed by atoms with Gasteiger partial charge in [0.1, 0.15) is 6.10 Å². The van der Waals surface area contributed by atoms with Gasteiger partial charge in [0.15, 0.2) is 0 Å². The highest BCUT2D eigenvalue weighted by Gasteiger charge is 2.37. The average Bonchev–Trinajstić information content (AvgIpc) is 3.05. The Kier molecular flexibility index (Phi) is 4.19. The zero-order valence-corrected chi connectivity index (χ0v) is 10.3. The number of carboxylic acids is 1. The molecule has 102 valence electrons. The van der Waals surface area contributed by atoms with E-state index in [1.807, 2.05) is 0 Å². The standard InChI is InChI=1S/C12H20N2O4/c13-6-8-3-4-10(18-8)12(17)14-9(5-11(15)16)7-1-2-7/h7-10H,1-6,13H2,(H,14,17)(H,15,16). The Morgan fingerprint density at radius 2 is 2.06 bits per heavy atom. The summed E-state index contributed by atoms with van der Waals surface area (Å²) in [6, 6.07) is -0.254. The number of aliphatic carboxylic acids is 1. The fourth-order valence-corrected chi connectivity index (χ4v) is 2.37. The zero-order chi connectivity index (χ0) is 13.1. The Labute approximate surface area is 106 Å². The summed E-state index contributed by atoms with van der Waals surface area (Å²) in [5, 5.41) is 11.6. The Morgan fingerprint density at radius 3 is 2.56 bits per heavy atom. The smallest absolute Gasteiger partial charge is 0.305 e. The first-order chi connectivity index (χ1) is 8.60. The van der Waals surface area contributed by atoms with E-state index in [1.165, 1.54) is 0 Å². The largest absolute Gasteiger partial charge is 0.481 e. The number of ether oxygens (including phenoxy) is 1. The highest BCUT2D eigenvalue weighted by Crippen LogP contribution is 2.34. The molecule has 3 atom stereocenters. The Hall–Kier alpha value is -1.14. The minimum Gasteiger partial charge on any atom is -0.481 e. The molecule has 0 aromatic heterocycles. The molecule has 1 heterocycles. The van der Waals surface area contributed by atoms with Gasteiger partial charge in [-0.2, -0.15) is 0 Å². The van der Waals surface area contributed by atoms with Gasteiger partial charge in [-0.25, -0.2) is 0 Å². The van der Waals surface area contributed by atoms with Crippen molar-refractivity contribution in [2.45, 2.75) is 50.4 Å².